The second kappa shape index (κ2) is 10.6. The lowest BCUT2D eigenvalue weighted by atomic mass is 9.91. The summed E-state index contributed by atoms with van der Waals surface area (Å²) in [5.41, 5.74) is 2.28. The number of rotatable bonds is 9. The van der Waals surface area contributed by atoms with Crippen molar-refractivity contribution < 1.29 is 19.4 Å². The maximum absolute atomic E-state index is 13.2. The van der Waals surface area contributed by atoms with E-state index in [0.717, 1.165) is 54.4 Å². The molecule has 0 bridgehead atoms. The number of amides is 2. The lowest BCUT2D eigenvalue weighted by Crippen LogP contribution is -2.46. The molecule has 6 heteroatoms. The lowest BCUT2D eigenvalue weighted by molar-refractivity contribution is 0.0452. The summed E-state index contributed by atoms with van der Waals surface area (Å²) >= 11 is 0. The lowest BCUT2D eigenvalue weighted by Gasteiger charge is -2.36. The maximum atomic E-state index is 13.2. The Morgan fingerprint density at radius 2 is 1.64 bits per heavy atom. The normalized spacial score (nSPS) is 17.4. The van der Waals surface area contributed by atoms with E-state index in [1.165, 1.54) is 4.90 Å². The number of nitrogens with zero attached hydrogens (tertiary/aromatic N) is 2. The molecule has 1 saturated heterocycles. The molecule has 6 nitrogen and oxygen atoms in total. The van der Waals surface area contributed by atoms with Crippen molar-refractivity contribution in [2.24, 2.45) is 5.92 Å². The van der Waals surface area contributed by atoms with Gasteiger partial charge >= 0.3 is 0 Å². The Morgan fingerprint density at radius 3 is 2.31 bits per heavy atom. The Bertz CT molecular complexity index is 1230. The van der Waals surface area contributed by atoms with Crippen molar-refractivity contribution in [3.8, 4) is 5.75 Å². The van der Waals surface area contributed by atoms with Crippen molar-refractivity contribution >= 4 is 22.6 Å². The average Bonchev–Trinajstić information content (AvgIpc) is 2.90. The fourth-order valence-corrected chi connectivity index (χ4v) is 5.36. The summed E-state index contributed by atoms with van der Waals surface area (Å²) in [5, 5.41) is 12.3. The number of aliphatic hydroxyl groups is 1. The van der Waals surface area contributed by atoms with Crippen molar-refractivity contribution in [2.75, 3.05) is 32.8 Å². The molecule has 3 aromatic carbocycles. The Morgan fingerprint density at radius 1 is 0.972 bits per heavy atom. The molecule has 0 radical (unpaired) electrons. The molecule has 1 fully saturated rings. The summed E-state index contributed by atoms with van der Waals surface area (Å²) in [7, 11) is 0. The fraction of sp³-hybridized carbons (Fsp3) is 0.333. The van der Waals surface area contributed by atoms with Crippen molar-refractivity contribution in [2.45, 2.75) is 25.4 Å². The number of para-hydroxylation sites is 1. The molecule has 0 spiro atoms. The standard InChI is InChI=1S/C30H32N2O4/c1-2-7-22-8-3-4-13-27(22)36-20-24(33)19-31-16-14-21(15-17-31)18-32-29(34)25-11-5-9-23-10-6-12-26(28(23)25)30(32)35/h2-6,8-13,21,24,33H,1,7,14-20H2/t24-/m0/s1. The van der Waals surface area contributed by atoms with Crippen LogP contribution in [0.15, 0.2) is 73.3 Å². The SMILES string of the molecule is C=CCc1ccccc1OC[C@@H](O)CN1CCC(CN2C(=O)c3cccc4cccc(c34)C2=O)CC1. The summed E-state index contributed by atoms with van der Waals surface area (Å²) < 4.78 is 5.88. The van der Waals surface area contributed by atoms with E-state index >= 15 is 0 Å². The van der Waals surface area contributed by atoms with Gasteiger partial charge in [0.25, 0.3) is 11.8 Å². The van der Waals surface area contributed by atoms with Gasteiger partial charge in [0, 0.05) is 29.6 Å². The second-order valence-electron chi connectivity index (χ2n) is 9.74. The minimum atomic E-state index is -0.597. The summed E-state index contributed by atoms with van der Waals surface area (Å²) in [6.07, 6.45) is 3.72. The maximum Gasteiger partial charge on any atom is 0.261 e. The zero-order chi connectivity index (χ0) is 25.1. The molecule has 2 amide bonds. The summed E-state index contributed by atoms with van der Waals surface area (Å²) in [4.78, 5) is 30.1. The Balaban J connectivity index is 1.13. The van der Waals surface area contributed by atoms with Gasteiger partial charge in [-0.25, -0.2) is 0 Å². The molecule has 0 aliphatic carbocycles. The number of carbonyl (C=O) groups excluding carboxylic acids is 2. The fourth-order valence-electron chi connectivity index (χ4n) is 5.36. The highest BCUT2D eigenvalue weighted by molar-refractivity contribution is 6.25. The molecule has 0 unspecified atom stereocenters. The first-order valence-electron chi connectivity index (χ1n) is 12.6. The van der Waals surface area contributed by atoms with Gasteiger partial charge in [0.15, 0.2) is 0 Å². The summed E-state index contributed by atoms with van der Waals surface area (Å²) in [6, 6.07) is 19.1. The highest BCUT2D eigenvalue weighted by atomic mass is 16.5. The number of hydrogen-bond acceptors (Lipinski definition) is 5. The Hall–Kier alpha value is -3.48. The molecule has 1 N–H and O–H groups in total. The van der Waals surface area contributed by atoms with Crippen LogP contribution in [0.1, 0.15) is 39.1 Å². The second-order valence-corrected chi connectivity index (χ2v) is 9.74. The number of piperidine rings is 1. The van der Waals surface area contributed by atoms with Gasteiger partial charge in [0.1, 0.15) is 18.5 Å². The van der Waals surface area contributed by atoms with Crippen LogP contribution >= 0.6 is 0 Å². The first-order chi connectivity index (χ1) is 17.5. The number of allylic oxidation sites excluding steroid dienone is 1. The van der Waals surface area contributed by atoms with E-state index in [0.29, 0.717) is 24.2 Å². The quantitative estimate of drug-likeness (QED) is 0.362. The Kier molecular flexibility index (Phi) is 7.16. The van der Waals surface area contributed by atoms with Crippen LogP contribution in [0, 0.1) is 5.92 Å². The van der Waals surface area contributed by atoms with Gasteiger partial charge < -0.3 is 14.7 Å². The number of aliphatic hydroxyl groups excluding tert-OH is 1. The van der Waals surface area contributed by atoms with Gasteiger partial charge in [-0.1, -0.05) is 48.5 Å². The number of β-amino-alcohol motifs (C(OH)–C–C–N with tert-alkyl or cyclic N) is 1. The summed E-state index contributed by atoms with van der Waals surface area (Å²) in [6.45, 7) is 6.62. The van der Waals surface area contributed by atoms with Crippen LogP contribution < -0.4 is 4.74 Å². The molecular formula is C30H32N2O4. The van der Waals surface area contributed by atoms with E-state index in [1.807, 2.05) is 66.7 Å². The third-order valence-electron chi connectivity index (χ3n) is 7.24. The molecule has 2 aliphatic heterocycles. The van der Waals surface area contributed by atoms with Crippen molar-refractivity contribution in [1.29, 1.82) is 0 Å². The smallest absolute Gasteiger partial charge is 0.261 e. The molecule has 3 aromatic rings. The molecule has 0 saturated carbocycles. The van der Waals surface area contributed by atoms with Gasteiger partial charge in [0.2, 0.25) is 0 Å². The van der Waals surface area contributed by atoms with Gasteiger partial charge in [0.05, 0.1) is 0 Å². The number of imide groups is 1. The van der Waals surface area contributed by atoms with Crippen LogP contribution in [0.5, 0.6) is 5.75 Å². The molecule has 1 atom stereocenters. The predicted molar refractivity (Wildman–Crippen MR) is 140 cm³/mol. The summed E-state index contributed by atoms with van der Waals surface area (Å²) in [5.74, 6) is 0.633. The number of hydrogen-bond donors (Lipinski definition) is 1. The van der Waals surface area contributed by atoms with Gasteiger partial charge in [-0.05, 0) is 67.4 Å². The van der Waals surface area contributed by atoms with Crippen LogP contribution in [0.3, 0.4) is 0 Å². The molecule has 186 valence electrons. The number of ether oxygens (including phenoxy) is 1. The largest absolute Gasteiger partial charge is 0.491 e. The highest BCUT2D eigenvalue weighted by Crippen LogP contribution is 2.31. The molecule has 2 aliphatic rings. The van der Waals surface area contributed by atoms with Crippen LogP contribution in [-0.4, -0.2) is 65.6 Å². The van der Waals surface area contributed by atoms with E-state index in [4.69, 9.17) is 4.74 Å². The predicted octanol–water partition coefficient (Wildman–Crippen LogP) is 4.32. The number of likely N-dealkylation sites (tertiary alicyclic amines) is 1. The average molecular weight is 485 g/mol. The highest BCUT2D eigenvalue weighted by Gasteiger charge is 2.34. The molecule has 36 heavy (non-hydrogen) atoms. The van der Waals surface area contributed by atoms with Crippen LogP contribution in [0.4, 0.5) is 0 Å². The molecule has 5 rings (SSSR count). The van der Waals surface area contributed by atoms with Crippen molar-refractivity contribution in [3.05, 3.63) is 90.0 Å². The monoisotopic (exact) mass is 484 g/mol. The third-order valence-corrected chi connectivity index (χ3v) is 7.24. The van der Waals surface area contributed by atoms with E-state index in [9.17, 15) is 14.7 Å². The number of benzene rings is 3. The van der Waals surface area contributed by atoms with Gasteiger partial charge in [-0.2, -0.15) is 0 Å². The minimum absolute atomic E-state index is 0.198. The van der Waals surface area contributed by atoms with Crippen LogP contribution in [0.2, 0.25) is 0 Å². The zero-order valence-corrected chi connectivity index (χ0v) is 20.4. The third kappa shape index (κ3) is 4.92. The van der Waals surface area contributed by atoms with Gasteiger partial charge in [-0.15, -0.1) is 6.58 Å². The number of carbonyl (C=O) groups is 2. The molecule has 0 aromatic heterocycles. The van der Waals surface area contributed by atoms with E-state index in [2.05, 4.69) is 11.5 Å². The van der Waals surface area contributed by atoms with Gasteiger partial charge in [-0.3, -0.25) is 14.5 Å². The van der Waals surface area contributed by atoms with Crippen molar-refractivity contribution in [3.63, 3.8) is 0 Å². The Labute approximate surface area is 211 Å². The molecule has 2 heterocycles. The first kappa shape index (κ1) is 24.2. The van der Waals surface area contributed by atoms with Crippen LogP contribution in [-0.2, 0) is 6.42 Å². The molecular weight excluding hydrogens is 452 g/mol. The van der Waals surface area contributed by atoms with Crippen molar-refractivity contribution in [1.82, 2.24) is 9.80 Å². The topological polar surface area (TPSA) is 70.1 Å². The van der Waals surface area contributed by atoms with E-state index in [1.54, 1.807) is 0 Å². The van der Waals surface area contributed by atoms with Crippen LogP contribution in [0.25, 0.3) is 10.8 Å². The first-order valence-corrected chi connectivity index (χ1v) is 12.6. The van der Waals surface area contributed by atoms with E-state index < -0.39 is 6.10 Å². The zero-order valence-electron chi connectivity index (χ0n) is 20.4. The minimum Gasteiger partial charge on any atom is -0.491 e. The van der Waals surface area contributed by atoms with E-state index in [-0.39, 0.29) is 24.3 Å².